The van der Waals surface area contributed by atoms with Crippen molar-refractivity contribution in [3.8, 4) is 0 Å². The summed E-state index contributed by atoms with van der Waals surface area (Å²) in [5.41, 5.74) is 0. The van der Waals surface area contributed by atoms with Crippen molar-refractivity contribution in [3.05, 3.63) is 0 Å². The molecule has 0 saturated carbocycles. The molecule has 1 heterocycles. The monoisotopic (exact) mass is 236 g/mol. The molecule has 1 unspecified atom stereocenters. The molecule has 2 N–H and O–H groups in total. The van der Waals surface area contributed by atoms with Gasteiger partial charge in [0.05, 0.1) is 6.10 Å². The predicted molar refractivity (Wildman–Crippen MR) is 58.6 cm³/mol. The summed E-state index contributed by atoms with van der Waals surface area (Å²) < 4.78 is 27.4. The first kappa shape index (κ1) is 12.9. The van der Waals surface area contributed by atoms with Crippen molar-refractivity contribution in [1.82, 2.24) is 9.03 Å². The molecule has 90 valence electrons. The van der Waals surface area contributed by atoms with Crippen LogP contribution in [-0.4, -0.2) is 43.6 Å². The Labute approximate surface area is 91.7 Å². The third-order valence-corrected chi connectivity index (χ3v) is 4.12. The Morgan fingerprint density at radius 2 is 1.93 bits per heavy atom. The molecule has 0 aromatic carbocycles. The van der Waals surface area contributed by atoms with Gasteiger partial charge in [0.2, 0.25) is 0 Å². The molecule has 6 heteroatoms. The summed E-state index contributed by atoms with van der Waals surface area (Å²) in [5, 5.41) is 9.01. The third kappa shape index (κ3) is 4.46. The first-order valence-corrected chi connectivity index (χ1v) is 6.89. The summed E-state index contributed by atoms with van der Waals surface area (Å²) in [5.74, 6) is 0. The number of aliphatic hydroxyl groups excluding tert-OH is 1. The van der Waals surface area contributed by atoms with Crippen LogP contribution in [0, 0.1) is 0 Å². The first-order valence-electron chi connectivity index (χ1n) is 5.45. The van der Waals surface area contributed by atoms with Crippen LogP contribution in [0.2, 0.25) is 0 Å². The van der Waals surface area contributed by atoms with Crippen molar-refractivity contribution < 1.29 is 13.5 Å². The Hall–Kier alpha value is -0.170. The van der Waals surface area contributed by atoms with Crippen molar-refractivity contribution >= 4 is 10.2 Å². The Kier molecular flexibility index (Phi) is 4.98. The average Bonchev–Trinajstić information content (AvgIpc) is 2.18. The number of rotatable bonds is 5. The lowest BCUT2D eigenvalue weighted by atomic mass is 10.2. The maximum absolute atomic E-state index is 11.7. The number of aliphatic hydroxyl groups is 1. The summed E-state index contributed by atoms with van der Waals surface area (Å²) in [4.78, 5) is 0. The molecule has 0 amide bonds. The number of hydrogen-bond acceptors (Lipinski definition) is 3. The number of nitrogens with one attached hydrogen (secondary N) is 1. The van der Waals surface area contributed by atoms with E-state index in [0.717, 1.165) is 19.3 Å². The fraction of sp³-hybridized carbons (Fsp3) is 1.00. The Morgan fingerprint density at radius 3 is 2.47 bits per heavy atom. The van der Waals surface area contributed by atoms with Crippen LogP contribution in [0.25, 0.3) is 0 Å². The van der Waals surface area contributed by atoms with Gasteiger partial charge in [0, 0.05) is 19.6 Å². The molecule has 15 heavy (non-hydrogen) atoms. The van der Waals surface area contributed by atoms with E-state index in [4.69, 9.17) is 5.11 Å². The second-order valence-electron chi connectivity index (χ2n) is 4.00. The van der Waals surface area contributed by atoms with Crippen LogP contribution in [0.15, 0.2) is 0 Å². The zero-order valence-corrected chi connectivity index (χ0v) is 9.96. The minimum atomic E-state index is -3.31. The smallest absolute Gasteiger partial charge is 0.279 e. The normalized spacial score (nSPS) is 21.5. The van der Waals surface area contributed by atoms with Crippen molar-refractivity contribution in [2.45, 2.75) is 38.7 Å². The zero-order chi connectivity index (χ0) is 11.3. The van der Waals surface area contributed by atoms with E-state index in [1.807, 2.05) is 0 Å². The fourth-order valence-corrected chi connectivity index (χ4v) is 2.89. The molecule has 5 nitrogen and oxygen atoms in total. The Bertz CT molecular complexity index is 271. The Balaban J connectivity index is 2.36. The maximum Gasteiger partial charge on any atom is 0.279 e. The lowest BCUT2D eigenvalue weighted by Crippen LogP contribution is -2.44. The predicted octanol–water partition coefficient (Wildman–Crippen LogP) is 0.0776. The van der Waals surface area contributed by atoms with E-state index in [-0.39, 0.29) is 0 Å². The topological polar surface area (TPSA) is 69.6 Å². The highest BCUT2D eigenvalue weighted by Gasteiger charge is 2.22. The molecular formula is C9H20N2O3S. The molecule has 1 aliphatic heterocycles. The second-order valence-corrected chi connectivity index (χ2v) is 5.75. The molecular weight excluding hydrogens is 216 g/mol. The van der Waals surface area contributed by atoms with Gasteiger partial charge in [0.25, 0.3) is 10.2 Å². The van der Waals surface area contributed by atoms with Gasteiger partial charge in [-0.3, -0.25) is 0 Å². The van der Waals surface area contributed by atoms with Crippen LogP contribution in [0.1, 0.15) is 32.6 Å². The second kappa shape index (κ2) is 5.79. The highest BCUT2D eigenvalue weighted by molar-refractivity contribution is 7.87. The van der Waals surface area contributed by atoms with Gasteiger partial charge in [-0.05, 0) is 26.2 Å². The molecule has 0 aromatic rings. The molecule has 1 rings (SSSR count). The zero-order valence-electron chi connectivity index (χ0n) is 9.15. The third-order valence-electron chi connectivity index (χ3n) is 2.50. The first-order chi connectivity index (χ1) is 7.02. The van der Waals surface area contributed by atoms with E-state index < -0.39 is 16.3 Å². The summed E-state index contributed by atoms with van der Waals surface area (Å²) in [6.45, 7) is 3.18. The molecule has 0 aliphatic carbocycles. The van der Waals surface area contributed by atoms with Gasteiger partial charge in [-0.15, -0.1) is 0 Å². The summed E-state index contributed by atoms with van der Waals surface area (Å²) in [6, 6.07) is 0. The van der Waals surface area contributed by atoms with Crippen molar-refractivity contribution in [1.29, 1.82) is 0 Å². The van der Waals surface area contributed by atoms with Crippen LogP contribution < -0.4 is 4.72 Å². The molecule has 1 saturated heterocycles. The summed E-state index contributed by atoms with van der Waals surface area (Å²) in [6.07, 6.45) is 2.98. The van der Waals surface area contributed by atoms with Crippen molar-refractivity contribution in [3.63, 3.8) is 0 Å². The molecule has 1 fully saturated rings. The average molecular weight is 236 g/mol. The molecule has 0 spiro atoms. The van der Waals surface area contributed by atoms with Crippen LogP contribution in [0.4, 0.5) is 0 Å². The molecule has 0 bridgehead atoms. The van der Waals surface area contributed by atoms with Gasteiger partial charge in [-0.2, -0.15) is 12.7 Å². The van der Waals surface area contributed by atoms with E-state index in [1.54, 1.807) is 6.92 Å². The highest BCUT2D eigenvalue weighted by atomic mass is 32.2. The minimum absolute atomic E-state index is 0.302. The lowest BCUT2D eigenvalue weighted by molar-refractivity contribution is 0.185. The molecule has 0 radical (unpaired) electrons. The number of piperidine rings is 1. The molecule has 1 atom stereocenters. The minimum Gasteiger partial charge on any atom is -0.393 e. The van der Waals surface area contributed by atoms with Crippen molar-refractivity contribution in [2.75, 3.05) is 19.6 Å². The van der Waals surface area contributed by atoms with E-state index >= 15 is 0 Å². The van der Waals surface area contributed by atoms with Gasteiger partial charge < -0.3 is 5.11 Å². The van der Waals surface area contributed by atoms with Gasteiger partial charge >= 0.3 is 0 Å². The Morgan fingerprint density at radius 1 is 1.33 bits per heavy atom. The van der Waals surface area contributed by atoms with Gasteiger partial charge in [0.1, 0.15) is 0 Å². The van der Waals surface area contributed by atoms with Gasteiger partial charge in [-0.1, -0.05) is 6.42 Å². The van der Waals surface area contributed by atoms with Gasteiger partial charge in [0.15, 0.2) is 0 Å². The van der Waals surface area contributed by atoms with Crippen LogP contribution >= 0.6 is 0 Å². The van der Waals surface area contributed by atoms with Crippen molar-refractivity contribution in [2.24, 2.45) is 0 Å². The SMILES string of the molecule is CC(O)CCNS(=O)(=O)N1CCCCC1. The van der Waals surface area contributed by atoms with E-state index in [9.17, 15) is 8.42 Å². The standard InChI is InChI=1S/C9H20N2O3S/c1-9(12)5-6-10-15(13,14)11-7-3-2-4-8-11/h9-10,12H,2-8H2,1H3. The van der Waals surface area contributed by atoms with E-state index in [0.29, 0.717) is 26.1 Å². The van der Waals surface area contributed by atoms with E-state index in [2.05, 4.69) is 4.72 Å². The van der Waals surface area contributed by atoms with E-state index in [1.165, 1.54) is 4.31 Å². The van der Waals surface area contributed by atoms with Gasteiger partial charge in [-0.25, -0.2) is 4.72 Å². The fourth-order valence-electron chi connectivity index (χ4n) is 1.59. The van der Waals surface area contributed by atoms with Crippen LogP contribution in [-0.2, 0) is 10.2 Å². The van der Waals surface area contributed by atoms with Crippen LogP contribution in [0.5, 0.6) is 0 Å². The van der Waals surface area contributed by atoms with Crippen LogP contribution in [0.3, 0.4) is 0 Å². The molecule has 1 aliphatic rings. The summed E-state index contributed by atoms with van der Waals surface area (Å²) >= 11 is 0. The lowest BCUT2D eigenvalue weighted by Gasteiger charge is -2.25. The maximum atomic E-state index is 11.7. The highest BCUT2D eigenvalue weighted by Crippen LogP contribution is 2.11. The largest absolute Gasteiger partial charge is 0.393 e. The molecule has 0 aromatic heterocycles. The summed E-state index contributed by atoms with van der Waals surface area (Å²) in [7, 11) is -3.31. The number of nitrogens with zero attached hydrogens (tertiary/aromatic N) is 1. The quantitative estimate of drug-likeness (QED) is 0.710. The number of hydrogen-bond donors (Lipinski definition) is 2.